The summed E-state index contributed by atoms with van der Waals surface area (Å²) in [4.78, 5) is 79.9. The van der Waals surface area contributed by atoms with Crippen molar-refractivity contribution in [3.63, 3.8) is 0 Å². The lowest BCUT2D eigenvalue weighted by molar-refractivity contribution is -0.124. The SMILES string of the molecule is Cc1c(CNC(=O)C(NC(=O)OCc2ccccc2)C(C)C)c(C)c(CNC(=O)C(NC(=O)OCc2ccccc2)C(C)C)c(C)c1CNC(=O)C(NC(=O)OCc1ccccc1)C(C)C. The van der Waals surface area contributed by atoms with Crippen molar-refractivity contribution in [2.24, 2.45) is 17.8 Å². The molecule has 15 heteroatoms. The lowest BCUT2D eigenvalue weighted by atomic mass is 9.87. The van der Waals surface area contributed by atoms with Crippen molar-refractivity contribution in [3.05, 3.63) is 141 Å². The summed E-state index contributed by atoms with van der Waals surface area (Å²) < 4.78 is 16.2. The first-order valence-electron chi connectivity index (χ1n) is 22.3. The molecule has 0 aliphatic rings. The van der Waals surface area contributed by atoms with Crippen LogP contribution in [0.5, 0.6) is 0 Å². The lowest BCUT2D eigenvalue weighted by Gasteiger charge is -2.27. The number of hydrogen-bond acceptors (Lipinski definition) is 9. The molecule has 0 radical (unpaired) electrons. The maximum absolute atomic E-state index is 13.8. The van der Waals surface area contributed by atoms with E-state index in [1.165, 1.54) is 0 Å². The third-order valence-electron chi connectivity index (χ3n) is 11.3. The van der Waals surface area contributed by atoms with Crippen LogP contribution in [-0.2, 0) is 68.0 Å². The maximum atomic E-state index is 13.8. The molecule has 0 aliphatic heterocycles. The largest absolute Gasteiger partial charge is 0.445 e. The zero-order chi connectivity index (χ0) is 48.3. The summed E-state index contributed by atoms with van der Waals surface area (Å²) in [6, 6.07) is 24.9. The van der Waals surface area contributed by atoms with Crippen LogP contribution in [0.4, 0.5) is 14.4 Å². The molecule has 0 aromatic heterocycles. The molecule has 6 N–H and O–H groups in total. The third kappa shape index (κ3) is 15.7. The Labute approximate surface area is 388 Å². The molecule has 4 aromatic carbocycles. The molecule has 3 atom stereocenters. The summed E-state index contributed by atoms with van der Waals surface area (Å²) in [7, 11) is 0. The number of nitrogens with one attached hydrogen (secondary N) is 6. The van der Waals surface area contributed by atoms with Crippen LogP contribution < -0.4 is 31.9 Å². The number of carbonyl (C=O) groups is 6. The molecule has 0 fully saturated rings. The van der Waals surface area contributed by atoms with Crippen molar-refractivity contribution in [2.75, 3.05) is 0 Å². The normalized spacial score (nSPS) is 12.4. The molecule has 0 aliphatic carbocycles. The summed E-state index contributed by atoms with van der Waals surface area (Å²) in [6.07, 6.45) is -2.20. The second-order valence-electron chi connectivity index (χ2n) is 17.2. The summed E-state index contributed by atoms with van der Waals surface area (Å²) in [5.74, 6) is -2.16. The van der Waals surface area contributed by atoms with Crippen molar-refractivity contribution >= 4 is 36.0 Å². The summed E-state index contributed by atoms with van der Waals surface area (Å²) >= 11 is 0. The first-order valence-corrected chi connectivity index (χ1v) is 22.3. The fraction of sp³-hybridized carbons (Fsp3) is 0.412. The van der Waals surface area contributed by atoms with E-state index in [2.05, 4.69) is 31.9 Å². The van der Waals surface area contributed by atoms with Crippen LogP contribution in [0, 0.1) is 38.5 Å². The van der Waals surface area contributed by atoms with Crippen LogP contribution in [0.25, 0.3) is 0 Å². The fourth-order valence-electron chi connectivity index (χ4n) is 7.32. The Bertz CT molecular complexity index is 1980. The van der Waals surface area contributed by atoms with Crippen LogP contribution in [0.15, 0.2) is 91.0 Å². The average molecular weight is 907 g/mol. The predicted octanol–water partition coefficient (Wildman–Crippen LogP) is 7.31. The first-order chi connectivity index (χ1) is 31.5. The van der Waals surface area contributed by atoms with Crippen molar-refractivity contribution in [1.82, 2.24) is 31.9 Å². The Morgan fingerprint density at radius 2 is 0.621 bits per heavy atom. The van der Waals surface area contributed by atoms with E-state index in [0.717, 1.165) is 50.1 Å². The highest BCUT2D eigenvalue weighted by molar-refractivity contribution is 5.87. The zero-order valence-electron chi connectivity index (χ0n) is 39.5. The quantitative estimate of drug-likeness (QED) is 0.0464. The number of rotatable bonds is 21. The van der Waals surface area contributed by atoms with E-state index >= 15 is 0 Å². The zero-order valence-corrected chi connectivity index (χ0v) is 39.5. The molecular weight excluding hydrogens is 841 g/mol. The topological polar surface area (TPSA) is 202 Å². The van der Waals surface area contributed by atoms with E-state index in [1.807, 2.05) is 153 Å². The van der Waals surface area contributed by atoms with Crippen LogP contribution >= 0.6 is 0 Å². The molecular formula is C51H66N6O9. The standard InChI is InChI=1S/C51H66N6O9/c1-31(2)43(55-49(61)64-28-37-19-13-10-14-20-37)46(58)52-25-40-34(7)41(26-53-47(59)44(32(3)4)56-50(62)65-29-38-21-15-11-16-22-38)36(9)42(35(40)8)27-54-48(60)45(33(5)6)57-51(63)66-30-39-23-17-12-18-24-39/h10-24,31-33,43-45H,25-30H2,1-9H3,(H,52,58)(H,53,59)(H,54,60)(H,55,61)(H,56,62)(H,57,63). The van der Waals surface area contributed by atoms with Gasteiger partial charge in [-0.1, -0.05) is 133 Å². The summed E-state index contributed by atoms with van der Waals surface area (Å²) in [6.45, 7) is 16.8. The Morgan fingerprint density at radius 3 is 0.833 bits per heavy atom. The molecule has 0 bridgehead atoms. The molecule has 0 heterocycles. The van der Waals surface area contributed by atoms with Crippen LogP contribution in [0.1, 0.15) is 91.6 Å². The first kappa shape index (κ1) is 51.7. The van der Waals surface area contributed by atoms with Crippen LogP contribution in [0.2, 0.25) is 0 Å². The van der Waals surface area contributed by atoms with Gasteiger partial charge in [0, 0.05) is 19.6 Å². The van der Waals surface area contributed by atoms with Gasteiger partial charge in [-0.2, -0.15) is 0 Å². The van der Waals surface area contributed by atoms with Gasteiger partial charge in [-0.15, -0.1) is 0 Å². The second-order valence-corrected chi connectivity index (χ2v) is 17.2. The molecule has 0 saturated carbocycles. The highest BCUT2D eigenvalue weighted by atomic mass is 16.6. The summed E-state index contributed by atoms with van der Waals surface area (Å²) in [5, 5.41) is 17.1. The molecule has 354 valence electrons. The predicted molar refractivity (Wildman–Crippen MR) is 251 cm³/mol. The van der Waals surface area contributed by atoms with E-state index in [0.29, 0.717) is 0 Å². The van der Waals surface area contributed by atoms with Crippen LogP contribution in [0.3, 0.4) is 0 Å². The van der Waals surface area contributed by atoms with Gasteiger partial charge in [-0.3, -0.25) is 14.4 Å². The van der Waals surface area contributed by atoms with Crippen molar-refractivity contribution < 1.29 is 43.0 Å². The molecule has 4 rings (SSSR count). The molecule has 3 unspecified atom stereocenters. The highest BCUT2D eigenvalue weighted by Crippen LogP contribution is 2.28. The van der Waals surface area contributed by atoms with Crippen LogP contribution in [-0.4, -0.2) is 54.1 Å². The van der Waals surface area contributed by atoms with Gasteiger partial charge in [-0.25, -0.2) is 14.4 Å². The van der Waals surface area contributed by atoms with Crippen molar-refractivity contribution in [1.29, 1.82) is 0 Å². The molecule has 6 amide bonds. The number of amides is 6. The number of hydrogen-bond donors (Lipinski definition) is 6. The number of ether oxygens (including phenoxy) is 3. The highest BCUT2D eigenvalue weighted by Gasteiger charge is 2.29. The monoisotopic (exact) mass is 906 g/mol. The Balaban J connectivity index is 1.55. The molecule has 0 saturated heterocycles. The maximum Gasteiger partial charge on any atom is 0.408 e. The number of alkyl carbamates (subject to hydrolysis) is 3. The Kier molecular flexibility index (Phi) is 20.0. The van der Waals surface area contributed by atoms with Gasteiger partial charge in [-0.05, 0) is 88.6 Å². The van der Waals surface area contributed by atoms with Crippen molar-refractivity contribution in [3.8, 4) is 0 Å². The minimum atomic E-state index is -0.920. The van der Waals surface area contributed by atoms with Gasteiger partial charge < -0.3 is 46.1 Å². The average Bonchev–Trinajstić information content (AvgIpc) is 3.29. The fourth-order valence-corrected chi connectivity index (χ4v) is 7.32. The minimum Gasteiger partial charge on any atom is -0.445 e. The van der Waals surface area contributed by atoms with Crippen molar-refractivity contribution in [2.45, 2.75) is 120 Å². The molecule has 66 heavy (non-hydrogen) atoms. The van der Waals surface area contributed by atoms with E-state index in [-0.39, 0.29) is 57.2 Å². The Morgan fingerprint density at radius 1 is 0.394 bits per heavy atom. The number of carbonyl (C=O) groups excluding carboxylic acids is 6. The smallest absolute Gasteiger partial charge is 0.408 e. The molecule has 0 spiro atoms. The van der Waals surface area contributed by atoms with Gasteiger partial charge in [0.05, 0.1) is 0 Å². The van der Waals surface area contributed by atoms with Gasteiger partial charge in [0.2, 0.25) is 17.7 Å². The van der Waals surface area contributed by atoms with E-state index < -0.39 is 54.1 Å². The number of benzene rings is 4. The Hall–Kier alpha value is -6.90. The van der Waals surface area contributed by atoms with E-state index in [9.17, 15) is 28.8 Å². The van der Waals surface area contributed by atoms with E-state index in [1.54, 1.807) is 0 Å². The lowest BCUT2D eigenvalue weighted by Crippen LogP contribution is -2.50. The van der Waals surface area contributed by atoms with Gasteiger partial charge in [0.15, 0.2) is 0 Å². The third-order valence-corrected chi connectivity index (χ3v) is 11.3. The van der Waals surface area contributed by atoms with Gasteiger partial charge in [0.1, 0.15) is 37.9 Å². The minimum absolute atomic E-state index is 0.0398. The molecule has 15 nitrogen and oxygen atoms in total. The molecule has 4 aromatic rings. The van der Waals surface area contributed by atoms with E-state index in [4.69, 9.17) is 14.2 Å². The second kappa shape index (κ2) is 25.6. The van der Waals surface area contributed by atoms with Gasteiger partial charge >= 0.3 is 18.3 Å². The van der Waals surface area contributed by atoms with Gasteiger partial charge in [0.25, 0.3) is 0 Å². The summed E-state index contributed by atoms with van der Waals surface area (Å²) in [5.41, 5.74) is 6.99.